The highest BCUT2D eigenvalue weighted by Crippen LogP contribution is 2.28. The van der Waals surface area contributed by atoms with Crippen LogP contribution in [0.15, 0.2) is 55.0 Å². The number of fused-ring (bicyclic) bond motifs is 1. The van der Waals surface area contributed by atoms with E-state index in [4.69, 9.17) is 5.11 Å². The number of aryl methyl sites for hydroxylation is 3. The van der Waals surface area contributed by atoms with E-state index in [-0.39, 0.29) is 18.2 Å². The van der Waals surface area contributed by atoms with Gasteiger partial charge in [-0.25, -0.2) is 0 Å². The normalized spacial score (nSPS) is 11.9. The number of amides is 2. The Hall–Kier alpha value is -4.40. The molecule has 2 aromatic carbocycles. The molecule has 0 saturated heterocycles. The lowest BCUT2D eigenvalue weighted by Gasteiger charge is -2.19. The van der Waals surface area contributed by atoms with Crippen molar-refractivity contribution in [3.63, 3.8) is 0 Å². The smallest absolute Gasteiger partial charge is 0.303 e. The molecule has 0 saturated carbocycles. The van der Waals surface area contributed by atoms with Crippen molar-refractivity contribution in [2.75, 3.05) is 18.9 Å². The van der Waals surface area contributed by atoms with Crippen LogP contribution < -0.4 is 5.32 Å². The lowest BCUT2D eigenvalue weighted by Crippen LogP contribution is -2.27. The Morgan fingerprint density at radius 1 is 1.10 bits per heavy atom. The van der Waals surface area contributed by atoms with E-state index in [1.165, 1.54) is 0 Å². The van der Waals surface area contributed by atoms with Crippen LogP contribution in [-0.4, -0.2) is 55.7 Å². The van der Waals surface area contributed by atoms with Gasteiger partial charge in [0, 0.05) is 54.6 Å². The lowest BCUT2D eigenvalue weighted by atomic mass is 10.0. The minimum Gasteiger partial charge on any atom is -0.481 e. The summed E-state index contributed by atoms with van der Waals surface area (Å²) in [6.07, 6.45) is 7.63. The number of carboxylic acid groups (broad SMARTS) is 1. The first-order chi connectivity index (χ1) is 19.6. The number of carbonyl (C=O) groups is 3. The van der Waals surface area contributed by atoms with E-state index < -0.39 is 12.0 Å². The van der Waals surface area contributed by atoms with Crippen molar-refractivity contribution in [2.24, 2.45) is 0 Å². The summed E-state index contributed by atoms with van der Waals surface area (Å²) in [5.74, 6) is -1.09. The van der Waals surface area contributed by atoms with Crippen molar-refractivity contribution < 1.29 is 19.5 Å². The van der Waals surface area contributed by atoms with Gasteiger partial charge in [-0.1, -0.05) is 25.1 Å². The third-order valence-electron chi connectivity index (χ3n) is 7.36. The number of aliphatic carboxylic acids is 1. The van der Waals surface area contributed by atoms with Crippen molar-refractivity contribution in [1.29, 1.82) is 0 Å². The topological polar surface area (TPSA) is 109 Å². The quantitative estimate of drug-likeness (QED) is 0.236. The molecule has 9 nitrogen and oxygen atoms in total. The maximum Gasteiger partial charge on any atom is 0.303 e. The summed E-state index contributed by atoms with van der Waals surface area (Å²) in [5, 5.41) is 17.6. The minimum absolute atomic E-state index is 0.0496. The van der Waals surface area contributed by atoms with E-state index in [0.717, 1.165) is 39.6 Å². The average molecular weight is 558 g/mol. The van der Waals surface area contributed by atoms with Gasteiger partial charge in [0.2, 0.25) is 5.91 Å². The molecule has 4 aromatic rings. The zero-order chi connectivity index (χ0) is 29.7. The summed E-state index contributed by atoms with van der Waals surface area (Å²) in [6, 6.07) is 11.0. The Bertz CT molecular complexity index is 1570. The molecule has 2 amide bonds. The third-order valence-corrected chi connectivity index (χ3v) is 7.36. The summed E-state index contributed by atoms with van der Waals surface area (Å²) >= 11 is 0. The van der Waals surface area contributed by atoms with E-state index in [0.29, 0.717) is 37.2 Å². The molecule has 0 aliphatic rings. The zero-order valence-corrected chi connectivity index (χ0v) is 24.5. The molecule has 0 aliphatic heterocycles. The number of hydrogen-bond donors (Lipinski definition) is 2. The Kier molecular flexibility index (Phi) is 9.27. The largest absolute Gasteiger partial charge is 0.481 e. The molecule has 0 bridgehead atoms. The number of carboxylic acids is 1. The van der Waals surface area contributed by atoms with Gasteiger partial charge in [-0.15, -0.1) is 0 Å². The van der Waals surface area contributed by atoms with Gasteiger partial charge in [-0.2, -0.15) is 5.10 Å². The molecule has 2 aromatic heterocycles. The highest BCUT2D eigenvalue weighted by molar-refractivity contribution is 6.00. The number of carbonyl (C=O) groups excluding carboxylic acids is 2. The van der Waals surface area contributed by atoms with Crippen LogP contribution in [0.1, 0.15) is 71.8 Å². The number of anilines is 1. The Morgan fingerprint density at radius 2 is 1.88 bits per heavy atom. The molecule has 0 radical (unpaired) electrons. The fourth-order valence-corrected chi connectivity index (χ4v) is 5.13. The molecule has 2 heterocycles. The number of hydrogen-bond acceptors (Lipinski definition) is 4. The molecule has 9 heteroatoms. The standard InChI is InChI=1S/C32H39N5O4/c1-6-14-35(5)32(41)26-12-13-27-22(3)19-37(29(27)16-26)23(4)31(40)34-28-15-24(20-36-18-21(2)17-33-36)10-11-25(28)8-7-9-30(38)39/h10-13,15-19,23H,6-9,14,20H2,1-5H3,(H,34,40)(H,38,39)/t23-/m1/s1. The van der Waals surface area contributed by atoms with E-state index >= 15 is 0 Å². The second kappa shape index (κ2) is 12.8. The van der Waals surface area contributed by atoms with Crippen molar-refractivity contribution in [3.8, 4) is 0 Å². The van der Waals surface area contributed by atoms with Crippen molar-refractivity contribution in [1.82, 2.24) is 19.2 Å². The van der Waals surface area contributed by atoms with Crippen LogP contribution >= 0.6 is 0 Å². The fraction of sp³-hybridized carbons (Fsp3) is 0.375. The van der Waals surface area contributed by atoms with Crippen molar-refractivity contribution >= 4 is 34.4 Å². The number of benzene rings is 2. The summed E-state index contributed by atoms with van der Waals surface area (Å²) in [4.78, 5) is 39.4. The second-order valence-electron chi connectivity index (χ2n) is 10.8. The Morgan fingerprint density at radius 3 is 2.56 bits per heavy atom. The molecule has 2 N–H and O–H groups in total. The highest BCUT2D eigenvalue weighted by atomic mass is 16.4. The van der Waals surface area contributed by atoms with Crippen molar-refractivity contribution in [3.05, 3.63) is 82.8 Å². The fourth-order valence-electron chi connectivity index (χ4n) is 5.13. The van der Waals surface area contributed by atoms with Gasteiger partial charge in [0.15, 0.2) is 0 Å². The van der Waals surface area contributed by atoms with Crippen LogP contribution in [0.25, 0.3) is 10.9 Å². The maximum absolute atomic E-state index is 13.7. The SMILES string of the molecule is CCCN(C)C(=O)c1ccc2c(C)cn([C@H](C)C(=O)Nc3cc(Cn4cc(C)cn4)ccc3CCCC(=O)O)c2c1. The first kappa shape index (κ1) is 29.6. The van der Waals surface area contributed by atoms with Crippen LogP contribution in [0.2, 0.25) is 0 Å². The number of nitrogens with one attached hydrogen (secondary N) is 1. The van der Waals surface area contributed by atoms with Gasteiger partial charge in [-0.05, 0) is 80.5 Å². The van der Waals surface area contributed by atoms with E-state index in [1.807, 2.05) is 85.7 Å². The maximum atomic E-state index is 13.7. The summed E-state index contributed by atoms with van der Waals surface area (Å²) < 4.78 is 3.76. The van der Waals surface area contributed by atoms with Crippen LogP contribution in [-0.2, 0) is 22.6 Å². The minimum atomic E-state index is -0.844. The molecule has 41 heavy (non-hydrogen) atoms. The summed E-state index contributed by atoms with van der Waals surface area (Å²) in [6.45, 7) is 9.07. The number of nitrogens with zero attached hydrogens (tertiary/aromatic N) is 4. The summed E-state index contributed by atoms with van der Waals surface area (Å²) in [7, 11) is 1.80. The monoisotopic (exact) mass is 557 g/mol. The molecule has 0 fully saturated rings. The average Bonchev–Trinajstić information content (AvgIpc) is 3.50. The van der Waals surface area contributed by atoms with Gasteiger partial charge >= 0.3 is 5.97 Å². The van der Waals surface area contributed by atoms with Gasteiger partial charge in [0.25, 0.3) is 5.91 Å². The first-order valence-electron chi connectivity index (χ1n) is 14.1. The predicted octanol–water partition coefficient (Wildman–Crippen LogP) is 5.59. The lowest BCUT2D eigenvalue weighted by molar-refractivity contribution is -0.137. The third kappa shape index (κ3) is 7.03. The molecule has 1 atom stereocenters. The van der Waals surface area contributed by atoms with Crippen LogP contribution in [0.4, 0.5) is 5.69 Å². The molecule has 0 aliphatic carbocycles. The molecule has 0 spiro atoms. The Labute approximate surface area is 240 Å². The van der Waals surface area contributed by atoms with E-state index in [2.05, 4.69) is 10.4 Å². The molecular weight excluding hydrogens is 518 g/mol. The van der Waals surface area contributed by atoms with Gasteiger partial charge in [0.05, 0.1) is 12.7 Å². The predicted molar refractivity (Wildman–Crippen MR) is 160 cm³/mol. The van der Waals surface area contributed by atoms with Crippen LogP contribution in [0.5, 0.6) is 0 Å². The van der Waals surface area contributed by atoms with E-state index in [1.54, 1.807) is 18.1 Å². The second-order valence-corrected chi connectivity index (χ2v) is 10.8. The van der Waals surface area contributed by atoms with Crippen molar-refractivity contribution in [2.45, 2.75) is 66.0 Å². The first-order valence-corrected chi connectivity index (χ1v) is 14.1. The molecular formula is C32H39N5O4. The van der Waals surface area contributed by atoms with Crippen LogP contribution in [0.3, 0.4) is 0 Å². The van der Waals surface area contributed by atoms with Gasteiger partial charge in [-0.3, -0.25) is 19.1 Å². The summed E-state index contributed by atoms with van der Waals surface area (Å²) in [5.41, 5.74) is 6.01. The number of aromatic nitrogens is 3. The molecule has 4 rings (SSSR count). The number of rotatable bonds is 12. The highest BCUT2D eigenvalue weighted by Gasteiger charge is 2.21. The van der Waals surface area contributed by atoms with Gasteiger partial charge < -0.3 is 19.9 Å². The van der Waals surface area contributed by atoms with Gasteiger partial charge in [0.1, 0.15) is 6.04 Å². The van der Waals surface area contributed by atoms with Crippen LogP contribution in [0, 0.1) is 13.8 Å². The molecule has 216 valence electrons. The molecule has 0 unspecified atom stereocenters. The van der Waals surface area contributed by atoms with E-state index in [9.17, 15) is 14.4 Å². The zero-order valence-electron chi connectivity index (χ0n) is 24.5. The Balaban J connectivity index is 1.62.